The maximum Gasteiger partial charge on any atom is 0.573 e. The summed E-state index contributed by atoms with van der Waals surface area (Å²) in [7, 11) is 1.20. The van der Waals surface area contributed by atoms with Crippen molar-refractivity contribution in [1.29, 1.82) is 0 Å². The Bertz CT molecular complexity index is 366. The molecule has 0 unspecified atom stereocenters. The summed E-state index contributed by atoms with van der Waals surface area (Å²) < 4.78 is 44.2. The number of methoxy groups -OCH3 is 1. The summed E-state index contributed by atoms with van der Waals surface area (Å²) in [6.45, 7) is 0. The summed E-state index contributed by atoms with van der Waals surface area (Å²) in [6, 6.07) is 2.12. The number of alkyl halides is 3. The van der Waals surface area contributed by atoms with E-state index < -0.39 is 12.1 Å². The second kappa shape index (κ2) is 3.76. The van der Waals surface area contributed by atoms with Crippen LogP contribution < -0.4 is 20.9 Å². The first-order chi connectivity index (χ1) is 6.83. The van der Waals surface area contributed by atoms with Gasteiger partial charge in [0, 0.05) is 12.1 Å². The molecule has 0 atom stereocenters. The first-order valence-electron chi connectivity index (χ1n) is 3.82. The molecule has 0 fully saturated rings. The van der Waals surface area contributed by atoms with Crippen LogP contribution in [0.15, 0.2) is 12.1 Å². The van der Waals surface area contributed by atoms with Crippen LogP contribution in [0.25, 0.3) is 0 Å². The van der Waals surface area contributed by atoms with Crippen LogP contribution in [0.1, 0.15) is 0 Å². The standard InChI is InChI=1S/C8H9F3N2O2/c1-14-6-2-4(12)5(13)3-7(6)15-8(9,10)11/h2-3H,12-13H2,1H3. The topological polar surface area (TPSA) is 70.5 Å². The number of hydrogen-bond donors (Lipinski definition) is 2. The molecule has 15 heavy (non-hydrogen) atoms. The lowest BCUT2D eigenvalue weighted by Gasteiger charge is -2.13. The minimum absolute atomic E-state index is 0.00458. The predicted octanol–water partition coefficient (Wildman–Crippen LogP) is 1.76. The zero-order valence-electron chi connectivity index (χ0n) is 7.76. The van der Waals surface area contributed by atoms with Crippen LogP contribution in [-0.4, -0.2) is 13.5 Å². The molecule has 0 saturated carbocycles. The van der Waals surface area contributed by atoms with E-state index in [4.69, 9.17) is 11.5 Å². The second-order valence-electron chi connectivity index (χ2n) is 2.68. The Morgan fingerprint density at radius 1 is 1.07 bits per heavy atom. The molecule has 0 aliphatic rings. The molecule has 84 valence electrons. The number of nitrogens with two attached hydrogens (primary N) is 2. The van der Waals surface area contributed by atoms with Gasteiger partial charge in [0.05, 0.1) is 18.5 Å². The smallest absolute Gasteiger partial charge is 0.493 e. The van der Waals surface area contributed by atoms with E-state index in [2.05, 4.69) is 9.47 Å². The molecule has 0 bridgehead atoms. The predicted molar refractivity (Wildman–Crippen MR) is 48.5 cm³/mol. The van der Waals surface area contributed by atoms with Gasteiger partial charge < -0.3 is 20.9 Å². The minimum atomic E-state index is -4.80. The first kappa shape index (κ1) is 11.3. The van der Waals surface area contributed by atoms with E-state index in [9.17, 15) is 13.2 Å². The molecule has 0 aliphatic carbocycles. The number of hydrogen-bond acceptors (Lipinski definition) is 4. The van der Waals surface area contributed by atoms with Crippen LogP contribution in [0.5, 0.6) is 11.5 Å². The van der Waals surface area contributed by atoms with Crippen LogP contribution >= 0.6 is 0 Å². The van der Waals surface area contributed by atoms with E-state index >= 15 is 0 Å². The van der Waals surface area contributed by atoms with Gasteiger partial charge >= 0.3 is 6.36 Å². The lowest BCUT2D eigenvalue weighted by molar-refractivity contribution is -0.275. The van der Waals surface area contributed by atoms with Gasteiger partial charge in [0.2, 0.25) is 0 Å². The summed E-state index contributed by atoms with van der Waals surface area (Å²) in [5, 5.41) is 0. The second-order valence-corrected chi connectivity index (χ2v) is 2.68. The van der Waals surface area contributed by atoms with Crippen molar-refractivity contribution < 1.29 is 22.6 Å². The summed E-state index contributed by atoms with van der Waals surface area (Å²) in [4.78, 5) is 0. The molecule has 0 spiro atoms. The monoisotopic (exact) mass is 222 g/mol. The van der Waals surface area contributed by atoms with Gasteiger partial charge in [0.15, 0.2) is 11.5 Å². The van der Waals surface area contributed by atoms with Crippen LogP contribution in [0.3, 0.4) is 0 Å². The van der Waals surface area contributed by atoms with E-state index in [1.165, 1.54) is 7.11 Å². The lowest BCUT2D eigenvalue weighted by atomic mass is 10.2. The SMILES string of the molecule is COc1cc(N)c(N)cc1OC(F)(F)F. The molecule has 0 heterocycles. The number of anilines is 2. The van der Waals surface area contributed by atoms with E-state index in [-0.39, 0.29) is 17.1 Å². The largest absolute Gasteiger partial charge is 0.573 e. The van der Waals surface area contributed by atoms with Crippen LogP contribution in [-0.2, 0) is 0 Å². The molecular weight excluding hydrogens is 213 g/mol. The van der Waals surface area contributed by atoms with E-state index in [0.29, 0.717) is 0 Å². The summed E-state index contributed by atoms with van der Waals surface area (Å²) in [5.74, 6) is -0.643. The van der Waals surface area contributed by atoms with Crippen molar-refractivity contribution in [3.63, 3.8) is 0 Å². The van der Waals surface area contributed by atoms with E-state index in [1.807, 2.05) is 0 Å². The highest BCUT2D eigenvalue weighted by atomic mass is 19.4. The molecule has 0 aliphatic heterocycles. The van der Waals surface area contributed by atoms with Gasteiger partial charge in [-0.25, -0.2) is 0 Å². The zero-order valence-corrected chi connectivity index (χ0v) is 7.76. The number of ether oxygens (including phenoxy) is 2. The summed E-state index contributed by atoms with van der Waals surface area (Å²) >= 11 is 0. The van der Waals surface area contributed by atoms with Gasteiger partial charge in [-0.2, -0.15) is 0 Å². The normalized spacial score (nSPS) is 11.2. The van der Waals surface area contributed by atoms with Gasteiger partial charge in [-0.1, -0.05) is 0 Å². The zero-order chi connectivity index (χ0) is 11.6. The fourth-order valence-corrected chi connectivity index (χ4v) is 0.955. The fraction of sp³-hybridized carbons (Fsp3) is 0.250. The molecule has 7 heteroatoms. The third-order valence-electron chi connectivity index (χ3n) is 1.59. The maximum atomic E-state index is 11.9. The van der Waals surface area contributed by atoms with Crippen LogP contribution in [0.2, 0.25) is 0 Å². The van der Waals surface area contributed by atoms with Gasteiger partial charge in [-0.05, 0) is 0 Å². The highest BCUT2D eigenvalue weighted by molar-refractivity contribution is 5.69. The average molecular weight is 222 g/mol. The molecule has 0 aromatic heterocycles. The number of halogens is 3. The molecule has 1 rings (SSSR count). The maximum absolute atomic E-state index is 11.9. The lowest BCUT2D eigenvalue weighted by Crippen LogP contribution is -2.18. The highest BCUT2D eigenvalue weighted by Crippen LogP contribution is 2.36. The number of rotatable bonds is 2. The highest BCUT2D eigenvalue weighted by Gasteiger charge is 2.32. The van der Waals surface area contributed by atoms with E-state index in [1.54, 1.807) is 0 Å². The van der Waals surface area contributed by atoms with Crippen molar-refractivity contribution in [1.82, 2.24) is 0 Å². The average Bonchev–Trinajstić information content (AvgIpc) is 2.08. The molecule has 1 aromatic rings. The fourth-order valence-electron chi connectivity index (χ4n) is 0.955. The van der Waals surface area contributed by atoms with Crippen molar-refractivity contribution in [3.05, 3.63) is 12.1 Å². The third-order valence-corrected chi connectivity index (χ3v) is 1.59. The molecule has 0 amide bonds. The Balaban J connectivity index is 3.11. The van der Waals surface area contributed by atoms with Crippen molar-refractivity contribution in [3.8, 4) is 11.5 Å². The van der Waals surface area contributed by atoms with E-state index in [0.717, 1.165) is 12.1 Å². The number of benzene rings is 1. The quantitative estimate of drug-likeness (QED) is 0.748. The minimum Gasteiger partial charge on any atom is -0.493 e. The third kappa shape index (κ3) is 2.83. The molecule has 1 aromatic carbocycles. The molecule has 0 radical (unpaired) electrons. The number of nitrogen functional groups attached to an aromatic ring is 2. The van der Waals surface area contributed by atoms with Crippen molar-refractivity contribution in [2.75, 3.05) is 18.6 Å². The molecular formula is C8H9F3N2O2. The van der Waals surface area contributed by atoms with Crippen molar-refractivity contribution in [2.24, 2.45) is 0 Å². The molecule has 0 saturated heterocycles. The van der Waals surface area contributed by atoms with Gasteiger partial charge in [0.1, 0.15) is 0 Å². The van der Waals surface area contributed by atoms with Crippen molar-refractivity contribution in [2.45, 2.75) is 6.36 Å². The Morgan fingerprint density at radius 2 is 1.53 bits per heavy atom. The van der Waals surface area contributed by atoms with Gasteiger partial charge in [-0.15, -0.1) is 13.2 Å². The summed E-state index contributed by atoms with van der Waals surface area (Å²) in [6.07, 6.45) is -4.80. The van der Waals surface area contributed by atoms with Gasteiger partial charge in [-0.3, -0.25) is 0 Å². The van der Waals surface area contributed by atoms with Crippen molar-refractivity contribution >= 4 is 11.4 Å². The Kier molecular flexibility index (Phi) is 2.83. The Hall–Kier alpha value is -1.79. The summed E-state index contributed by atoms with van der Waals surface area (Å²) in [5.41, 5.74) is 10.8. The van der Waals surface area contributed by atoms with Gasteiger partial charge in [0.25, 0.3) is 0 Å². The Morgan fingerprint density at radius 3 is 1.93 bits per heavy atom. The van der Waals surface area contributed by atoms with Crippen LogP contribution in [0.4, 0.5) is 24.5 Å². The first-order valence-corrected chi connectivity index (χ1v) is 3.82. The van der Waals surface area contributed by atoms with Crippen LogP contribution in [0, 0.1) is 0 Å². The molecule has 4 N–H and O–H groups in total. The Labute approximate surface area is 83.6 Å². The molecule has 4 nitrogen and oxygen atoms in total.